The normalized spacial score (nSPS) is 22.1. The fraction of sp³-hybridized carbons (Fsp3) is 0.691. The molecule has 2 aromatic rings. The van der Waals surface area contributed by atoms with Gasteiger partial charge in [0.2, 0.25) is 5.91 Å². The molecule has 5 aliphatic rings. The van der Waals surface area contributed by atoms with Gasteiger partial charge in [0.1, 0.15) is 6.04 Å². The lowest BCUT2D eigenvalue weighted by molar-refractivity contribution is -0.202. The lowest BCUT2D eigenvalue weighted by atomic mass is 9.76. The van der Waals surface area contributed by atoms with E-state index in [9.17, 15) is 4.79 Å². The van der Waals surface area contributed by atoms with Crippen LogP contribution in [0.5, 0.6) is 0 Å². The summed E-state index contributed by atoms with van der Waals surface area (Å²) in [5.74, 6) is 0.672. The Morgan fingerprint density at radius 3 is 2.40 bits per heavy atom. The number of rotatable bonds is 23. The largest absolute Gasteiger partial charge is 0.501 e. The lowest BCUT2D eigenvalue weighted by Crippen LogP contribution is -2.73. The molecule has 1 aromatic heterocycles. The van der Waals surface area contributed by atoms with E-state index in [-0.39, 0.29) is 52.8 Å². The molecule has 5 atom stereocenters. The number of anilines is 1. The van der Waals surface area contributed by atoms with Crippen LogP contribution in [-0.2, 0) is 28.5 Å². The summed E-state index contributed by atoms with van der Waals surface area (Å²) in [5.41, 5.74) is 12.6. The smallest absolute Gasteiger partial charge is 0.260 e. The van der Waals surface area contributed by atoms with Gasteiger partial charge >= 0.3 is 0 Å². The van der Waals surface area contributed by atoms with Crippen LogP contribution >= 0.6 is 0 Å². The van der Waals surface area contributed by atoms with Crippen molar-refractivity contribution in [2.24, 2.45) is 22.7 Å². The predicted molar refractivity (Wildman–Crippen MR) is 272 cm³/mol. The first-order valence-electron chi connectivity index (χ1n) is 25.8. The maximum Gasteiger partial charge on any atom is 0.260 e. The molecule has 1 aromatic carbocycles. The number of nitrogens with zero attached hydrogens (tertiary/aromatic N) is 5. The second kappa shape index (κ2) is 22.9. The van der Waals surface area contributed by atoms with Crippen LogP contribution in [0.15, 0.2) is 43.3 Å². The van der Waals surface area contributed by atoms with E-state index in [1.165, 1.54) is 47.1 Å². The molecule has 5 fully saturated rings. The minimum Gasteiger partial charge on any atom is -0.501 e. The number of aromatic nitrogens is 1. The van der Waals surface area contributed by atoms with E-state index >= 15 is 4.79 Å². The van der Waals surface area contributed by atoms with Gasteiger partial charge in [0, 0.05) is 93.3 Å². The summed E-state index contributed by atoms with van der Waals surface area (Å²) in [6.07, 6.45) is 10.4. The average molecular weight is 940 g/mol. The summed E-state index contributed by atoms with van der Waals surface area (Å²) < 4.78 is 23.2. The monoisotopic (exact) mass is 940 g/mol. The first-order chi connectivity index (χ1) is 32.5. The van der Waals surface area contributed by atoms with Crippen LogP contribution in [0.2, 0.25) is 0 Å². The van der Waals surface area contributed by atoms with Crippen LogP contribution in [0.25, 0.3) is 11.1 Å². The van der Waals surface area contributed by atoms with Gasteiger partial charge in [-0.2, -0.15) is 0 Å². The number of morpholine rings is 1. The molecule has 1 spiro atoms. The topological polar surface area (TPSA) is 121 Å². The highest BCUT2D eigenvalue weighted by Crippen LogP contribution is 2.43. The Labute approximate surface area is 408 Å². The number of hydrazine groups is 1. The number of pyridine rings is 1. The molecule has 4 aliphatic heterocycles. The Hall–Kier alpha value is -3.85. The van der Waals surface area contributed by atoms with Crippen molar-refractivity contribution >= 4 is 28.6 Å². The number of aryl methyl sites for hydroxylation is 2. The van der Waals surface area contributed by atoms with Crippen molar-refractivity contribution in [3.63, 3.8) is 0 Å². The molecule has 376 valence electrons. The summed E-state index contributed by atoms with van der Waals surface area (Å²) in [6.45, 7) is 31.9. The molecule has 13 nitrogen and oxygen atoms in total. The standard InChI is InChI=1S/C55H85N7O6/c1-12-66-34-54(9,10)30-47(41(7)46-28-38(4)31-56-49(46)42(8)65-11)45-29-44(18-15-39(45)5)59(22-19-43-16-17-43)23-20-48(61-32-55(33-61)35-68-36-55)50(53(64)62-21-13-14-40(6)58-62)57-52(63)51(37(2)3)60-24-26-67-27-25-60/h12,15,18,28-29,31,37,40,42-43,48,50-51,58H,1,13-14,16-17,19-27,30,32-36H2,2-11H3,(H,57,63)/b47-41+. The zero-order chi connectivity index (χ0) is 48.8. The van der Waals surface area contributed by atoms with Crippen molar-refractivity contribution in [3.8, 4) is 0 Å². The van der Waals surface area contributed by atoms with Crippen LogP contribution in [-0.4, -0.2) is 142 Å². The molecule has 13 heteroatoms. The predicted octanol–water partition coefficient (Wildman–Crippen LogP) is 7.97. The Morgan fingerprint density at radius 1 is 1.03 bits per heavy atom. The quantitative estimate of drug-likeness (QED) is 0.106. The van der Waals surface area contributed by atoms with Gasteiger partial charge in [-0.15, -0.1) is 0 Å². The summed E-state index contributed by atoms with van der Waals surface area (Å²) in [5, 5.41) is 5.29. The maximum absolute atomic E-state index is 15.2. The molecule has 7 rings (SSSR count). The minimum atomic E-state index is -0.733. The van der Waals surface area contributed by atoms with Crippen molar-refractivity contribution in [2.75, 3.05) is 90.9 Å². The fourth-order valence-electron chi connectivity index (χ4n) is 11.0. The molecule has 1 saturated carbocycles. The SMILES string of the molecule is C=COCC(C)(C)C/C(=C(/C)c1cc(C)cnc1C(C)OC)c1cc(N(CCC2CC2)CCC(C(NC(=O)C(C(C)C)N2CCOCC2)C(=O)N2CCCC(C)N2)N2CC3(COC3)C2)ccc1C. The molecule has 0 radical (unpaired) electrons. The Morgan fingerprint density at radius 2 is 1.76 bits per heavy atom. The third-order valence-corrected chi connectivity index (χ3v) is 15.3. The molecule has 2 N–H and O–H groups in total. The number of allylic oxidation sites excluding steroid dienone is 2. The number of likely N-dealkylation sites (tertiary alicyclic amines) is 1. The van der Waals surface area contributed by atoms with E-state index in [0.29, 0.717) is 45.9 Å². The van der Waals surface area contributed by atoms with Gasteiger partial charge in [0.15, 0.2) is 0 Å². The zero-order valence-corrected chi connectivity index (χ0v) is 43.3. The Bertz CT molecular complexity index is 2070. The van der Waals surface area contributed by atoms with Crippen molar-refractivity contribution < 1.29 is 28.5 Å². The third-order valence-electron chi connectivity index (χ3n) is 15.3. The molecule has 5 heterocycles. The summed E-state index contributed by atoms with van der Waals surface area (Å²) in [4.78, 5) is 42.2. The third kappa shape index (κ3) is 12.7. The number of hydrogen-bond donors (Lipinski definition) is 2. The molecular formula is C55H85N7O6. The number of ether oxygens (including phenoxy) is 4. The molecule has 0 bridgehead atoms. The number of carbonyl (C=O) groups is 2. The van der Waals surface area contributed by atoms with Crippen LogP contribution < -0.4 is 15.6 Å². The van der Waals surface area contributed by atoms with E-state index in [1.807, 2.05) is 11.2 Å². The van der Waals surface area contributed by atoms with Crippen molar-refractivity contribution in [1.29, 1.82) is 0 Å². The van der Waals surface area contributed by atoms with Crippen LogP contribution in [0.1, 0.15) is 127 Å². The van der Waals surface area contributed by atoms with Gasteiger partial charge in [-0.3, -0.25) is 29.4 Å². The maximum atomic E-state index is 15.2. The fourth-order valence-corrected chi connectivity index (χ4v) is 11.0. The average Bonchev–Trinajstić information content (AvgIpc) is 4.12. The minimum absolute atomic E-state index is 0.0477. The zero-order valence-electron chi connectivity index (χ0n) is 43.3. The van der Waals surface area contributed by atoms with Gasteiger partial charge < -0.3 is 29.2 Å². The number of nitrogens with one attached hydrogen (secondary N) is 2. The highest BCUT2D eigenvalue weighted by Gasteiger charge is 2.53. The molecule has 1 aliphatic carbocycles. The number of amides is 2. The Kier molecular flexibility index (Phi) is 17.5. The molecular weight excluding hydrogens is 855 g/mol. The van der Waals surface area contributed by atoms with Gasteiger partial charge in [-0.25, -0.2) is 5.43 Å². The van der Waals surface area contributed by atoms with Crippen molar-refractivity contribution in [3.05, 3.63) is 71.3 Å². The van der Waals surface area contributed by atoms with Crippen LogP contribution in [0.3, 0.4) is 0 Å². The number of benzene rings is 1. The Balaban J connectivity index is 1.27. The number of carbonyl (C=O) groups excluding carboxylic acids is 2. The van der Waals surface area contributed by atoms with E-state index in [2.05, 4.69) is 119 Å². The van der Waals surface area contributed by atoms with Gasteiger partial charge in [0.25, 0.3) is 5.91 Å². The molecule has 2 amide bonds. The van der Waals surface area contributed by atoms with Crippen LogP contribution in [0, 0.1) is 36.5 Å². The van der Waals surface area contributed by atoms with Gasteiger partial charge in [-0.05, 0) is 125 Å². The highest BCUT2D eigenvalue weighted by molar-refractivity contribution is 5.93. The number of methoxy groups -OCH3 is 1. The van der Waals surface area contributed by atoms with Crippen molar-refractivity contribution in [1.82, 2.24) is 30.5 Å². The van der Waals surface area contributed by atoms with Crippen LogP contribution in [0.4, 0.5) is 5.69 Å². The highest BCUT2D eigenvalue weighted by atomic mass is 16.5. The molecule has 5 unspecified atom stereocenters. The van der Waals surface area contributed by atoms with E-state index in [0.717, 1.165) is 87.8 Å². The van der Waals surface area contributed by atoms with E-state index in [4.69, 9.17) is 23.9 Å². The summed E-state index contributed by atoms with van der Waals surface area (Å²) in [6, 6.07) is 8.08. The van der Waals surface area contributed by atoms with E-state index in [1.54, 1.807) is 7.11 Å². The van der Waals surface area contributed by atoms with Gasteiger partial charge in [-0.1, -0.05) is 53.2 Å². The second-order valence-corrected chi connectivity index (χ2v) is 22.2. The summed E-state index contributed by atoms with van der Waals surface area (Å²) >= 11 is 0. The lowest BCUT2D eigenvalue weighted by Gasteiger charge is -2.58. The summed E-state index contributed by atoms with van der Waals surface area (Å²) in [7, 11) is 1.74. The molecule has 4 saturated heterocycles. The van der Waals surface area contributed by atoms with E-state index < -0.39 is 6.04 Å². The van der Waals surface area contributed by atoms with Crippen molar-refractivity contribution in [2.45, 2.75) is 138 Å². The number of hydrogen-bond acceptors (Lipinski definition) is 11. The second-order valence-electron chi connectivity index (χ2n) is 22.2. The van der Waals surface area contributed by atoms with Gasteiger partial charge in [0.05, 0.1) is 57.1 Å². The first-order valence-corrected chi connectivity index (χ1v) is 25.8. The first kappa shape index (κ1) is 52.0. The molecule has 68 heavy (non-hydrogen) atoms.